The summed E-state index contributed by atoms with van der Waals surface area (Å²) in [7, 11) is 3.56. The Morgan fingerprint density at radius 2 is 1.98 bits per heavy atom. The smallest absolute Gasteiger partial charge is 0.251 e. The van der Waals surface area contributed by atoms with E-state index in [0.717, 1.165) is 48.6 Å². The Labute approximate surface area is 282 Å². The maximum absolute atomic E-state index is 13.4. The predicted molar refractivity (Wildman–Crippen MR) is 182 cm³/mol. The quantitative estimate of drug-likeness (QED) is 0.234. The fourth-order valence-electron chi connectivity index (χ4n) is 6.28. The molecule has 260 valence electrons. The molecule has 4 heterocycles. The van der Waals surface area contributed by atoms with E-state index in [0.29, 0.717) is 63.1 Å². The Balaban J connectivity index is 1.16. The van der Waals surface area contributed by atoms with Gasteiger partial charge in [-0.25, -0.2) is 9.97 Å². The highest BCUT2D eigenvalue weighted by Crippen LogP contribution is 2.30. The molecule has 1 fully saturated rings. The van der Waals surface area contributed by atoms with Gasteiger partial charge in [0.05, 0.1) is 18.4 Å². The summed E-state index contributed by atoms with van der Waals surface area (Å²) in [5.74, 6) is 2.62. The van der Waals surface area contributed by atoms with Gasteiger partial charge < -0.3 is 39.4 Å². The zero-order valence-electron chi connectivity index (χ0n) is 28.8. The lowest BCUT2D eigenvalue weighted by Crippen LogP contribution is -2.42. The van der Waals surface area contributed by atoms with Crippen LogP contribution in [0.25, 0.3) is 0 Å². The van der Waals surface area contributed by atoms with Gasteiger partial charge in [0.25, 0.3) is 5.91 Å². The van der Waals surface area contributed by atoms with Crippen molar-refractivity contribution in [2.24, 2.45) is 0 Å². The molecule has 1 saturated heterocycles. The van der Waals surface area contributed by atoms with E-state index in [1.807, 2.05) is 29.8 Å². The van der Waals surface area contributed by atoms with Gasteiger partial charge in [-0.3, -0.25) is 14.5 Å². The number of aliphatic hydroxyl groups is 1. The summed E-state index contributed by atoms with van der Waals surface area (Å²) >= 11 is 0. The van der Waals surface area contributed by atoms with Crippen molar-refractivity contribution in [2.75, 3.05) is 70.2 Å². The molecule has 0 saturated carbocycles. The molecule has 3 N–H and O–H groups in total. The van der Waals surface area contributed by atoms with Crippen LogP contribution < -0.4 is 20.3 Å². The zero-order valence-corrected chi connectivity index (χ0v) is 28.8. The number of hydrogen-bond donors (Lipinski definition) is 3. The monoisotopic (exact) mass is 663 g/mol. The molecule has 0 radical (unpaired) electrons. The normalized spacial score (nSPS) is 15.9. The Hall–Kier alpha value is -4.20. The van der Waals surface area contributed by atoms with Crippen molar-refractivity contribution in [1.29, 1.82) is 0 Å². The van der Waals surface area contributed by atoms with Crippen molar-refractivity contribution < 1.29 is 28.6 Å². The first-order chi connectivity index (χ1) is 23.1. The summed E-state index contributed by atoms with van der Waals surface area (Å²) in [6, 6.07) is 7.74. The second kappa shape index (κ2) is 16.3. The highest BCUT2D eigenvalue weighted by Gasteiger charge is 2.24. The number of oxazole rings is 1. The van der Waals surface area contributed by atoms with Gasteiger partial charge in [0.1, 0.15) is 24.0 Å². The van der Waals surface area contributed by atoms with E-state index >= 15 is 0 Å². The number of fused-ring (bicyclic) bond motifs is 1. The summed E-state index contributed by atoms with van der Waals surface area (Å²) in [6.07, 6.45) is 3.15. The first-order valence-electron chi connectivity index (χ1n) is 16.7. The molecule has 2 amide bonds. The number of rotatable bonds is 14. The van der Waals surface area contributed by atoms with Crippen LogP contribution in [0.15, 0.2) is 35.1 Å². The number of aromatic nitrogens is 2. The number of carbonyl (C=O) groups excluding carboxylic acids is 2. The van der Waals surface area contributed by atoms with E-state index in [1.165, 1.54) is 17.5 Å². The molecule has 13 heteroatoms. The number of pyridine rings is 1. The lowest BCUT2D eigenvalue weighted by molar-refractivity contribution is -0.129. The van der Waals surface area contributed by atoms with Crippen LogP contribution in [-0.2, 0) is 29.1 Å². The number of ether oxygens (including phenoxy) is 2. The molecule has 0 aliphatic carbocycles. The molecule has 5 rings (SSSR count). The number of amides is 2. The lowest BCUT2D eigenvalue weighted by Gasteiger charge is -2.32. The van der Waals surface area contributed by atoms with Crippen LogP contribution in [0.1, 0.15) is 58.3 Å². The summed E-state index contributed by atoms with van der Waals surface area (Å²) in [5.41, 5.74) is 4.90. The lowest BCUT2D eigenvalue weighted by atomic mass is 9.94. The summed E-state index contributed by atoms with van der Waals surface area (Å²) in [4.78, 5) is 40.0. The van der Waals surface area contributed by atoms with Crippen molar-refractivity contribution in [2.45, 2.75) is 65.3 Å². The Morgan fingerprint density at radius 3 is 2.69 bits per heavy atom. The number of aryl methyl sites for hydroxylation is 1. The van der Waals surface area contributed by atoms with Gasteiger partial charge in [0.2, 0.25) is 5.91 Å². The van der Waals surface area contributed by atoms with E-state index in [9.17, 15) is 14.7 Å². The molecule has 2 aromatic heterocycles. The van der Waals surface area contributed by atoms with Crippen LogP contribution >= 0.6 is 0 Å². The number of benzene rings is 1. The largest absolute Gasteiger partial charge is 0.485 e. The third-order valence-electron chi connectivity index (χ3n) is 9.28. The molecule has 1 unspecified atom stereocenters. The van der Waals surface area contributed by atoms with Crippen LogP contribution in [-0.4, -0.2) is 109 Å². The first-order valence-corrected chi connectivity index (χ1v) is 16.7. The van der Waals surface area contributed by atoms with Crippen LogP contribution in [0.3, 0.4) is 0 Å². The minimum atomic E-state index is -0.737. The van der Waals surface area contributed by atoms with Gasteiger partial charge in [-0.1, -0.05) is 6.07 Å². The number of aliphatic hydroxyl groups excluding tert-OH is 1. The van der Waals surface area contributed by atoms with Gasteiger partial charge >= 0.3 is 0 Å². The van der Waals surface area contributed by atoms with Crippen molar-refractivity contribution in [1.82, 2.24) is 25.1 Å². The summed E-state index contributed by atoms with van der Waals surface area (Å²) < 4.78 is 16.7. The molecule has 0 spiro atoms. The number of hydrogen-bond acceptors (Lipinski definition) is 11. The molecule has 13 nitrogen and oxygen atoms in total. The molecule has 48 heavy (non-hydrogen) atoms. The number of nitrogens with zero attached hydrogens (tertiary/aromatic N) is 5. The second-order valence-electron chi connectivity index (χ2n) is 12.8. The van der Waals surface area contributed by atoms with Crippen molar-refractivity contribution >= 4 is 23.5 Å². The fourth-order valence-corrected chi connectivity index (χ4v) is 6.28. The molecular formula is C35H49N7O6. The van der Waals surface area contributed by atoms with E-state index < -0.39 is 6.10 Å². The molecule has 3 aromatic rings. The van der Waals surface area contributed by atoms with E-state index in [4.69, 9.17) is 18.9 Å². The number of likely N-dealkylation sites (tertiary alicyclic amines) is 1. The average molecular weight is 664 g/mol. The van der Waals surface area contributed by atoms with Crippen molar-refractivity contribution in [3.8, 4) is 5.75 Å². The minimum Gasteiger partial charge on any atom is -0.485 e. The number of β-amino-alcohol motifs (C(OH)–C–C–N with tert-alkyl or cyclic N) is 1. The predicted octanol–water partition coefficient (Wildman–Crippen LogP) is 2.92. The third-order valence-corrected chi connectivity index (χ3v) is 9.28. The molecule has 1 aromatic carbocycles. The molecule has 2 aliphatic heterocycles. The minimum absolute atomic E-state index is 0.0876. The second-order valence-corrected chi connectivity index (χ2v) is 12.8. The van der Waals surface area contributed by atoms with Crippen LogP contribution in [0.4, 0.5) is 11.6 Å². The van der Waals surface area contributed by atoms with E-state index in [-0.39, 0.29) is 24.4 Å². The average Bonchev–Trinajstić information content (AvgIpc) is 3.50. The third kappa shape index (κ3) is 9.03. The summed E-state index contributed by atoms with van der Waals surface area (Å²) in [6.45, 7) is 10.5. The molecule has 2 aliphatic rings. The van der Waals surface area contributed by atoms with Crippen LogP contribution in [0, 0.1) is 13.8 Å². The van der Waals surface area contributed by atoms with Gasteiger partial charge in [0.15, 0.2) is 12.2 Å². The number of methoxy groups -OCH3 is 1. The van der Waals surface area contributed by atoms with Gasteiger partial charge in [-0.15, -0.1) is 0 Å². The van der Waals surface area contributed by atoms with Crippen molar-refractivity contribution in [3.05, 3.63) is 64.4 Å². The molecular weight excluding hydrogens is 614 g/mol. The van der Waals surface area contributed by atoms with Crippen molar-refractivity contribution in [3.63, 3.8) is 0 Å². The zero-order chi connectivity index (χ0) is 34.2. The first kappa shape index (κ1) is 35.1. The number of piperidine rings is 1. The Morgan fingerprint density at radius 1 is 1.19 bits per heavy atom. The Bertz CT molecular complexity index is 1550. The standard InChI is InChI=1S/C35H49N7O6/c1-23-30-10-11-41(19-26(30)6-7-31(23)47-21-32-24(2)37-22-48-32)20-29(44)18-36-35(45)27-16-33(39-34(17-27)40(4)14-15-46-5)38-28-8-12-42(13-9-28)25(3)43/h6-7,16-17,22,28-29,44H,8-15,18-21H2,1-5H3,(H,36,45)(H,38,39). The van der Waals surface area contributed by atoms with E-state index in [1.54, 1.807) is 26.2 Å². The molecule has 0 bridgehead atoms. The number of likely N-dealkylation sites (N-methyl/N-ethyl adjacent to an activating group) is 1. The van der Waals surface area contributed by atoms with Gasteiger partial charge in [-0.05, 0) is 68.0 Å². The highest BCUT2D eigenvalue weighted by molar-refractivity contribution is 5.95. The summed E-state index contributed by atoms with van der Waals surface area (Å²) in [5, 5.41) is 17.3. The molecule has 1 atom stereocenters. The maximum atomic E-state index is 13.4. The topological polar surface area (TPSA) is 146 Å². The Kier molecular flexibility index (Phi) is 11.9. The number of anilines is 2. The fraction of sp³-hybridized carbons (Fsp3) is 0.543. The highest BCUT2D eigenvalue weighted by atomic mass is 16.5. The van der Waals surface area contributed by atoms with Gasteiger partial charge in [-0.2, -0.15) is 0 Å². The van der Waals surface area contributed by atoms with E-state index in [2.05, 4.69) is 33.5 Å². The maximum Gasteiger partial charge on any atom is 0.251 e. The SMILES string of the molecule is COCCN(C)c1cc(C(=O)NCC(O)CN2CCc3c(ccc(OCc4ocnc4C)c3C)C2)cc(NC2CCN(C(C)=O)CC2)n1. The van der Waals surface area contributed by atoms with Gasteiger partial charge in [0, 0.05) is 78.5 Å². The van der Waals surface area contributed by atoms with Crippen LogP contribution in [0.5, 0.6) is 5.75 Å². The number of carbonyl (C=O) groups is 2. The van der Waals surface area contributed by atoms with Crippen LogP contribution in [0.2, 0.25) is 0 Å². The number of nitrogens with one attached hydrogen (secondary N) is 2.